The highest BCUT2D eigenvalue weighted by atomic mass is 35.5. The number of hydrogen-bond acceptors (Lipinski definition) is 4. The summed E-state index contributed by atoms with van der Waals surface area (Å²) >= 11 is 5.96. The number of fused-ring (bicyclic) bond motifs is 1. The summed E-state index contributed by atoms with van der Waals surface area (Å²) in [6, 6.07) is 18.8. The van der Waals surface area contributed by atoms with E-state index in [2.05, 4.69) is 5.32 Å². The Hall–Kier alpha value is -3.10. The number of amides is 2. The number of anilines is 1. The topological polar surface area (TPSA) is 86.8 Å². The van der Waals surface area contributed by atoms with E-state index < -0.39 is 28.5 Å². The van der Waals surface area contributed by atoms with Crippen LogP contribution < -0.4 is 9.62 Å². The van der Waals surface area contributed by atoms with Crippen LogP contribution in [0.5, 0.6) is 0 Å². The Kier molecular flexibility index (Phi) is 7.61. The highest BCUT2D eigenvalue weighted by molar-refractivity contribution is 7.92. The van der Waals surface area contributed by atoms with Crippen molar-refractivity contribution < 1.29 is 18.0 Å². The first-order valence-electron chi connectivity index (χ1n) is 10.3. The molecule has 1 unspecified atom stereocenters. The number of nitrogens with zero attached hydrogens (tertiary/aromatic N) is 2. The number of likely N-dealkylation sites (N-methyl/N-ethyl adjacent to an activating group) is 1. The van der Waals surface area contributed by atoms with Crippen LogP contribution in [-0.2, 0) is 26.2 Å². The van der Waals surface area contributed by atoms with Gasteiger partial charge < -0.3 is 10.2 Å². The van der Waals surface area contributed by atoms with E-state index in [1.165, 1.54) is 11.9 Å². The zero-order valence-corrected chi connectivity index (χ0v) is 20.2. The molecule has 3 aromatic rings. The maximum atomic E-state index is 13.5. The molecule has 2 amide bonds. The number of nitrogens with one attached hydrogen (secondary N) is 1. The fraction of sp³-hybridized carbons (Fsp3) is 0.250. The quantitative estimate of drug-likeness (QED) is 0.527. The van der Waals surface area contributed by atoms with Crippen molar-refractivity contribution in [2.24, 2.45) is 0 Å². The molecule has 0 aliphatic rings. The van der Waals surface area contributed by atoms with E-state index in [-0.39, 0.29) is 12.5 Å². The van der Waals surface area contributed by atoms with E-state index in [4.69, 9.17) is 11.6 Å². The van der Waals surface area contributed by atoms with Crippen molar-refractivity contribution in [2.45, 2.75) is 19.5 Å². The Morgan fingerprint density at radius 1 is 1.00 bits per heavy atom. The normalized spacial score (nSPS) is 12.2. The van der Waals surface area contributed by atoms with Gasteiger partial charge in [0.05, 0.1) is 11.9 Å². The lowest BCUT2D eigenvalue weighted by molar-refractivity contribution is -0.139. The first kappa shape index (κ1) is 24.5. The molecule has 7 nitrogen and oxygen atoms in total. The van der Waals surface area contributed by atoms with E-state index in [1.807, 2.05) is 30.3 Å². The molecule has 3 rings (SSSR count). The van der Waals surface area contributed by atoms with Gasteiger partial charge in [-0.2, -0.15) is 0 Å². The summed E-state index contributed by atoms with van der Waals surface area (Å²) in [5.74, 6) is -0.854. The summed E-state index contributed by atoms with van der Waals surface area (Å²) < 4.78 is 26.6. The van der Waals surface area contributed by atoms with E-state index in [1.54, 1.807) is 43.3 Å². The Balaban J connectivity index is 1.99. The monoisotopic (exact) mass is 487 g/mol. The molecule has 3 aromatic carbocycles. The highest BCUT2D eigenvalue weighted by Crippen LogP contribution is 2.28. The molecule has 0 radical (unpaired) electrons. The van der Waals surface area contributed by atoms with Gasteiger partial charge in [-0.3, -0.25) is 13.9 Å². The third kappa shape index (κ3) is 5.83. The number of rotatable bonds is 8. The van der Waals surface area contributed by atoms with Crippen LogP contribution in [0.1, 0.15) is 12.5 Å². The SMILES string of the molecule is CNC(=O)C(C)N(Cc1ccc(Cl)cc1)C(=O)CN(c1cccc2ccccc12)S(C)(=O)=O. The maximum absolute atomic E-state index is 13.5. The van der Waals surface area contributed by atoms with Gasteiger partial charge in [-0.05, 0) is 36.1 Å². The summed E-state index contributed by atoms with van der Waals surface area (Å²) in [7, 11) is -2.31. The van der Waals surface area contributed by atoms with E-state index in [9.17, 15) is 18.0 Å². The minimum Gasteiger partial charge on any atom is -0.357 e. The predicted octanol–water partition coefficient (Wildman–Crippen LogP) is 3.42. The number of sulfonamides is 1. The molecule has 0 aromatic heterocycles. The van der Waals surface area contributed by atoms with Crippen LogP contribution in [0.15, 0.2) is 66.7 Å². The summed E-state index contributed by atoms with van der Waals surface area (Å²) in [6.45, 7) is 1.29. The first-order valence-corrected chi connectivity index (χ1v) is 12.6. The molecule has 9 heteroatoms. The minimum absolute atomic E-state index is 0.123. The van der Waals surface area contributed by atoms with Gasteiger partial charge in [0, 0.05) is 24.0 Å². The summed E-state index contributed by atoms with van der Waals surface area (Å²) in [5, 5.41) is 4.66. The van der Waals surface area contributed by atoms with Gasteiger partial charge in [-0.25, -0.2) is 8.42 Å². The van der Waals surface area contributed by atoms with Crippen molar-refractivity contribution >= 4 is 49.9 Å². The molecule has 0 bridgehead atoms. The number of benzene rings is 3. The molecule has 1 atom stereocenters. The minimum atomic E-state index is -3.80. The van der Waals surface area contributed by atoms with Crippen LogP contribution in [0.4, 0.5) is 5.69 Å². The average Bonchev–Trinajstić information content (AvgIpc) is 2.80. The smallest absolute Gasteiger partial charge is 0.244 e. The van der Waals surface area contributed by atoms with Gasteiger partial charge in [0.1, 0.15) is 12.6 Å². The Morgan fingerprint density at radius 2 is 1.64 bits per heavy atom. The second kappa shape index (κ2) is 10.2. The zero-order chi connectivity index (χ0) is 24.2. The van der Waals surface area contributed by atoms with Gasteiger partial charge >= 0.3 is 0 Å². The summed E-state index contributed by atoms with van der Waals surface area (Å²) in [5.41, 5.74) is 1.17. The lowest BCUT2D eigenvalue weighted by Crippen LogP contribution is -2.50. The molecule has 0 saturated heterocycles. The Bertz CT molecular complexity index is 1260. The zero-order valence-electron chi connectivity index (χ0n) is 18.7. The molecule has 0 fully saturated rings. The van der Waals surface area contributed by atoms with Crippen molar-refractivity contribution in [3.63, 3.8) is 0 Å². The second-order valence-corrected chi connectivity index (χ2v) is 10.0. The third-order valence-electron chi connectivity index (χ3n) is 5.39. The van der Waals surface area contributed by atoms with Crippen LogP contribution in [0.3, 0.4) is 0 Å². The van der Waals surface area contributed by atoms with Crippen molar-refractivity contribution in [2.75, 3.05) is 24.2 Å². The summed E-state index contributed by atoms with van der Waals surface area (Å²) in [4.78, 5) is 27.2. The molecule has 33 heavy (non-hydrogen) atoms. The first-order chi connectivity index (χ1) is 15.6. The summed E-state index contributed by atoms with van der Waals surface area (Å²) in [6.07, 6.45) is 1.06. The fourth-order valence-corrected chi connectivity index (χ4v) is 4.59. The number of carbonyl (C=O) groups is 2. The van der Waals surface area contributed by atoms with Gasteiger partial charge in [-0.15, -0.1) is 0 Å². The van der Waals surface area contributed by atoms with Gasteiger partial charge in [0.2, 0.25) is 21.8 Å². The van der Waals surface area contributed by atoms with E-state index >= 15 is 0 Å². The third-order valence-corrected chi connectivity index (χ3v) is 6.77. The molecule has 0 aliphatic heterocycles. The van der Waals surface area contributed by atoms with E-state index in [0.717, 1.165) is 21.5 Å². The molecule has 0 spiro atoms. The number of hydrogen-bond donors (Lipinski definition) is 1. The molecule has 0 aliphatic carbocycles. The maximum Gasteiger partial charge on any atom is 0.244 e. The lowest BCUT2D eigenvalue weighted by atomic mass is 10.1. The molecular weight excluding hydrogens is 462 g/mol. The van der Waals surface area contributed by atoms with E-state index in [0.29, 0.717) is 16.1 Å². The van der Waals surface area contributed by atoms with Crippen LogP contribution in [0, 0.1) is 0 Å². The van der Waals surface area contributed by atoms with Crippen molar-refractivity contribution in [3.05, 3.63) is 77.3 Å². The van der Waals surface area contributed by atoms with Crippen LogP contribution >= 0.6 is 11.6 Å². The molecular formula is C24H26ClN3O4S. The van der Waals surface area contributed by atoms with Crippen LogP contribution in [0.2, 0.25) is 5.02 Å². The van der Waals surface area contributed by atoms with Gasteiger partial charge in [0.25, 0.3) is 0 Å². The van der Waals surface area contributed by atoms with Crippen molar-refractivity contribution in [1.82, 2.24) is 10.2 Å². The molecule has 1 N–H and O–H groups in total. The standard InChI is InChI=1S/C24H26ClN3O4S/c1-17(24(30)26-2)27(15-18-11-13-20(25)14-12-18)23(29)16-28(33(3,31)32)22-10-6-8-19-7-4-5-9-21(19)22/h4-14,17H,15-16H2,1-3H3,(H,26,30). The number of halogens is 1. The van der Waals surface area contributed by atoms with Gasteiger partial charge in [-0.1, -0.05) is 60.1 Å². The highest BCUT2D eigenvalue weighted by Gasteiger charge is 2.30. The van der Waals surface area contributed by atoms with Crippen molar-refractivity contribution in [1.29, 1.82) is 0 Å². The Labute approximate surface area is 199 Å². The molecule has 0 saturated carbocycles. The number of carbonyl (C=O) groups excluding carboxylic acids is 2. The Morgan fingerprint density at radius 3 is 2.27 bits per heavy atom. The molecule has 174 valence electrons. The lowest BCUT2D eigenvalue weighted by Gasteiger charge is -2.31. The van der Waals surface area contributed by atoms with Crippen LogP contribution in [-0.4, -0.2) is 51.0 Å². The molecule has 0 heterocycles. The van der Waals surface area contributed by atoms with Crippen molar-refractivity contribution in [3.8, 4) is 0 Å². The predicted molar refractivity (Wildman–Crippen MR) is 132 cm³/mol. The van der Waals surface area contributed by atoms with Gasteiger partial charge in [0.15, 0.2) is 0 Å². The fourth-order valence-electron chi connectivity index (χ4n) is 3.60. The second-order valence-electron chi connectivity index (χ2n) is 7.71. The largest absolute Gasteiger partial charge is 0.357 e. The average molecular weight is 488 g/mol. The van der Waals surface area contributed by atoms with Crippen LogP contribution in [0.25, 0.3) is 10.8 Å².